The molecular formula is C18H34N2O3. The van der Waals surface area contributed by atoms with Gasteiger partial charge in [0.1, 0.15) is 5.60 Å². The summed E-state index contributed by atoms with van der Waals surface area (Å²) >= 11 is 0. The Morgan fingerprint density at radius 1 is 1.09 bits per heavy atom. The first-order valence-electron chi connectivity index (χ1n) is 9.24. The number of amides is 1. The van der Waals surface area contributed by atoms with E-state index in [0.29, 0.717) is 12.0 Å². The fourth-order valence-electron chi connectivity index (χ4n) is 3.72. The summed E-state index contributed by atoms with van der Waals surface area (Å²) < 4.78 is 5.34. The molecule has 2 aliphatic rings. The number of hydrogen-bond donors (Lipinski definition) is 3. The van der Waals surface area contributed by atoms with Crippen LogP contribution < -0.4 is 10.6 Å². The molecule has 5 nitrogen and oxygen atoms in total. The minimum atomic E-state index is -0.451. The second-order valence-corrected chi connectivity index (χ2v) is 8.23. The van der Waals surface area contributed by atoms with Crippen molar-refractivity contribution in [2.75, 3.05) is 6.54 Å². The molecule has 0 bridgehead atoms. The monoisotopic (exact) mass is 326 g/mol. The Morgan fingerprint density at radius 2 is 1.78 bits per heavy atom. The topological polar surface area (TPSA) is 70.6 Å². The molecule has 0 heterocycles. The van der Waals surface area contributed by atoms with Gasteiger partial charge in [-0.1, -0.05) is 12.8 Å². The summed E-state index contributed by atoms with van der Waals surface area (Å²) in [6.45, 7) is 6.54. The van der Waals surface area contributed by atoms with Crippen molar-refractivity contribution in [2.45, 2.75) is 95.9 Å². The lowest BCUT2D eigenvalue weighted by molar-refractivity contribution is 0.0485. The highest BCUT2D eigenvalue weighted by atomic mass is 16.6. The van der Waals surface area contributed by atoms with Crippen LogP contribution in [0.25, 0.3) is 0 Å². The van der Waals surface area contributed by atoms with Gasteiger partial charge in [-0.25, -0.2) is 4.79 Å². The molecule has 2 fully saturated rings. The fourth-order valence-corrected chi connectivity index (χ4v) is 3.72. The summed E-state index contributed by atoms with van der Waals surface area (Å²) in [5.74, 6) is 0.392. The summed E-state index contributed by atoms with van der Waals surface area (Å²) in [6.07, 6.45) is 8.23. The van der Waals surface area contributed by atoms with Crippen molar-refractivity contribution in [3.8, 4) is 0 Å². The van der Waals surface area contributed by atoms with Gasteiger partial charge < -0.3 is 20.5 Å². The largest absolute Gasteiger partial charge is 0.444 e. The lowest BCUT2D eigenvalue weighted by Crippen LogP contribution is -2.47. The number of alkyl carbamates (subject to hydrolysis) is 1. The van der Waals surface area contributed by atoms with E-state index in [0.717, 1.165) is 51.5 Å². The van der Waals surface area contributed by atoms with Crippen LogP contribution in [-0.4, -0.2) is 41.5 Å². The average molecular weight is 326 g/mol. The van der Waals surface area contributed by atoms with Crippen LogP contribution in [0.2, 0.25) is 0 Å². The Balaban J connectivity index is 1.71. The zero-order valence-electron chi connectivity index (χ0n) is 14.9. The molecule has 0 aromatic carbocycles. The third kappa shape index (κ3) is 6.68. The smallest absolute Gasteiger partial charge is 0.407 e. The van der Waals surface area contributed by atoms with Crippen LogP contribution in [0.4, 0.5) is 4.79 Å². The first-order valence-corrected chi connectivity index (χ1v) is 9.24. The molecule has 1 amide bonds. The SMILES string of the molecule is CC(C)(C)OC(=O)NC1CCCC(NCC2CCCCC2O)C1. The fraction of sp³-hybridized carbons (Fsp3) is 0.944. The molecule has 0 radical (unpaired) electrons. The Kier molecular flexibility index (Phi) is 6.72. The van der Waals surface area contributed by atoms with Crippen molar-refractivity contribution in [1.82, 2.24) is 10.6 Å². The number of carbonyl (C=O) groups is 1. The maximum Gasteiger partial charge on any atom is 0.407 e. The lowest BCUT2D eigenvalue weighted by Gasteiger charge is -2.34. The summed E-state index contributed by atoms with van der Waals surface area (Å²) in [5, 5.41) is 16.7. The Morgan fingerprint density at radius 3 is 2.48 bits per heavy atom. The van der Waals surface area contributed by atoms with E-state index in [9.17, 15) is 9.90 Å². The summed E-state index contributed by atoms with van der Waals surface area (Å²) in [6, 6.07) is 0.616. The summed E-state index contributed by atoms with van der Waals surface area (Å²) in [7, 11) is 0. The molecular weight excluding hydrogens is 292 g/mol. The predicted octanol–water partition coefficient (Wildman–Crippen LogP) is 2.96. The molecule has 3 N–H and O–H groups in total. The van der Waals surface area contributed by atoms with Gasteiger partial charge in [0.15, 0.2) is 0 Å². The first-order chi connectivity index (χ1) is 10.8. The maximum absolute atomic E-state index is 11.9. The van der Waals surface area contributed by atoms with Gasteiger partial charge in [0.05, 0.1) is 6.10 Å². The lowest BCUT2D eigenvalue weighted by atomic mass is 9.85. The Bertz CT molecular complexity index is 381. The highest BCUT2D eigenvalue weighted by Crippen LogP contribution is 2.25. The first kappa shape index (κ1) is 18.5. The molecule has 2 saturated carbocycles. The zero-order valence-corrected chi connectivity index (χ0v) is 14.9. The van der Waals surface area contributed by atoms with Crippen LogP contribution >= 0.6 is 0 Å². The normalized spacial score (nSPS) is 32.3. The molecule has 4 atom stereocenters. The molecule has 23 heavy (non-hydrogen) atoms. The van der Waals surface area contributed by atoms with Gasteiger partial charge in [-0.05, 0) is 65.2 Å². The number of ether oxygens (including phenoxy) is 1. The van der Waals surface area contributed by atoms with Gasteiger partial charge in [-0.15, -0.1) is 0 Å². The minimum Gasteiger partial charge on any atom is -0.444 e. The van der Waals surface area contributed by atoms with Crippen molar-refractivity contribution in [3.63, 3.8) is 0 Å². The van der Waals surface area contributed by atoms with E-state index in [1.54, 1.807) is 0 Å². The molecule has 0 spiro atoms. The van der Waals surface area contributed by atoms with Crippen LogP contribution in [-0.2, 0) is 4.74 Å². The van der Waals surface area contributed by atoms with Crippen molar-refractivity contribution < 1.29 is 14.6 Å². The molecule has 4 unspecified atom stereocenters. The van der Waals surface area contributed by atoms with E-state index < -0.39 is 5.60 Å². The highest BCUT2D eigenvalue weighted by Gasteiger charge is 2.27. The number of aliphatic hydroxyl groups excluding tert-OH is 1. The van der Waals surface area contributed by atoms with Crippen molar-refractivity contribution in [2.24, 2.45) is 5.92 Å². The Labute approximate surface area is 140 Å². The third-order valence-electron chi connectivity index (χ3n) is 4.93. The van der Waals surface area contributed by atoms with Crippen molar-refractivity contribution in [3.05, 3.63) is 0 Å². The Hall–Kier alpha value is -0.810. The van der Waals surface area contributed by atoms with E-state index in [1.165, 1.54) is 6.42 Å². The third-order valence-corrected chi connectivity index (χ3v) is 4.93. The number of nitrogens with one attached hydrogen (secondary N) is 2. The highest BCUT2D eigenvalue weighted by molar-refractivity contribution is 5.68. The van der Waals surface area contributed by atoms with Gasteiger partial charge in [0.25, 0.3) is 0 Å². The number of rotatable bonds is 4. The summed E-state index contributed by atoms with van der Waals surface area (Å²) in [4.78, 5) is 11.9. The van der Waals surface area contributed by atoms with E-state index >= 15 is 0 Å². The van der Waals surface area contributed by atoms with Gasteiger partial charge in [0.2, 0.25) is 0 Å². The van der Waals surface area contributed by atoms with Gasteiger partial charge in [-0.3, -0.25) is 0 Å². The van der Waals surface area contributed by atoms with E-state index in [4.69, 9.17) is 4.74 Å². The molecule has 2 aliphatic carbocycles. The molecule has 0 aliphatic heterocycles. The van der Waals surface area contributed by atoms with Crippen LogP contribution in [0.1, 0.15) is 72.1 Å². The second-order valence-electron chi connectivity index (χ2n) is 8.23. The molecule has 0 aromatic rings. The van der Waals surface area contributed by atoms with E-state index in [-0.39, 0.29) is 18.2 Å². The minimum absolute atomic E-state index is 0.143. The average Bonchev–Trinajstić information content (AvgIpc) is 2.45. The molecule has 2 rings (SSSR count). The van der Waals surface area contributed by atoms with Crippen molar-refractivity contribution in [1.29, 1.82) is 0 Å². The maximum atomic E-state index is 11.9. The van der Waals surface area contributed by atoms with Gasteiger partial charge in [0, 0.05) is 18.6 Å². The van der Waals surface area contributed by atoms with Gasteiger partial charge >= 0.3 is 6.09 Å². The van der Waals surface area contributed by atoms with Crippen LogP contribution in [0.15, 0.2) is 0 Å². The summed E-state index contributed by atoms with van der Waals surface area (Å²) in [5.41, 5.74) is -0.451. The second kappa shape index (κ2) is 8.34. The standard InChI is InChI=1S/C18H34N2O3/c1-18(2,3)23-17(22)20-15-9-6-8-14(11-15)19-12-13-7-4-5-10-16(13)21/h13-16,19,21H,4-12H2,1-3H3,(H,20,22). The number of aliphatic hydroxyl groups is 1. The quantitative estimate of drug-likeness (QED) is 0.743. The molecule has 5 heteroatoms. The molecule has 0 saturated heterocycles. The van der Waals surface area contributed by atoms with Crippen molar-refractivity contribution >= 4 is 6.09 Å². The van der Waals surface area contributed by atoms with E-state index in [2.05, 4.69) is 10.6 Å². The van der Waals surface area contributed by atoms with Crippen LogP contribution in [0, 0.1) is 5.92 Å². The van der Waals surface area contributed by atoms with Crippen LogP contribution in [0.5, 0.6) is 0 Å². The molecule has 0 aromatic heterocycles. The number of hydrogen-bond acceptors (Lipinski definition) is 4. The zero-order chi connectivity index (χ0) is 16.9. The predicted molar refractivity (Wildman–Crippen MR) is 91.4 cm³/mol. The van der Waals surface area contributed by atoms with E-state index in [1.807, 2.05) is 20.8 Å². The number of carbonyl (C=O) groups excluding carboxylic acids is 1. The molecule has 134 valence electrons. The van der Waals surface area contributed by atoms with Crippen LogP contribution in [0.3, 0.4) is 0 Å². The van der Waals surface area contributed by atoms with Gasteiger partial charge in [-0.2, -0.15) is 0 Å².